The summed E-state index contributed by atoms with van der Waals surface area (Å²) in [5.74, 6) is 0. The molecule has 7 nitrogen and oxygen atoms in total. The van der Waals surface area contributed by atoms with E-state index in [0.29, 0.717) is 0 Å². The monoisotopic (exact) mass is 464 g/mol. The topological polar surface area (TPSA) is 91.8 Å². The fourth-order valence-electron chi connectivity index (χ4n) is 3.73. The van der Waals surface area contributed by atoms with Gasteiger partial charge in [0, 0.05) is 12.3 Å². The molecule has 0 spiro atoms. The van der Waals surface area contributed by atoms with Crippen molar-refractivity contribution in [3.05, 3.63) is 54.1 Å². The number of hydrogen-bond donors (Lipinski definition) is 0. The van der Waals surface area contributed by atoms with E-state index in [-0.39, 0.29) is 17.5 Å². The van der Waals surface area contributed by atoms with Crippen LogP contribution >= 0.6 is 0 Å². The second-order valence-corrected chi connectivity index (χ2v) is 12.8. The van der Waals surface area contributed by atoms with Crippen molar-refractivity contribution in [3.8, 4) is 11.1 Å². The summed E-state index contributed by atoms with van der Waals surface area (Å²) in [7, 11) is -7.09. The Hall–Kier alpha value is -2.39. The summed E-state index contributed by atoms with van der Waals surface area (Å²) in [6.07, 6.45) is 1.16. The van der Waals surface area contributed by atoms with Crippen LogP contribution in [0.15, 0.2) is 53.4 Å². The van der Waals surface area contributed by atoms with Crippen LogP contribution in [0.5, 0.6) is 0 Å². The van der Waals surface area contributed by atoms with E-state index in [0.717, 1.165) is 27.3 Å². The van der Waals surface area contributed by atoms with Crippen molar-refractivity contribution in [2.75, 3.05) is 12.8 Å². The van der Waals surface area contributed by atoms with E-state index in [2.05, 4.69) is 0 Å². The van der Waals surface area contributed by atoms with Gasteiger partial charge < -0.3 is 4.90 Å². The number of rotatable bonds is 6. The van der Waals surface area contributed by atoms with E-state index in [1.807, 2.05) is 44.2 Å². The number of carbonyl (C=O) groups excluding carboxylic acids is 1. The third-order valence-corrected chi connectivity index (χ3v) is 8.66. The normalized spacial score (nSPS) is 17.8. The number of sulfone groups is 1. The Morgan fingerprint density at radius 1 is 0.903 bits per heavy atom. The van der Waals surface area contributed by atoms with Gasteiger partial charge in [-0.15, -0.1) is 0 Å². The van der Waals surface area contributed by atoms with Crippen LogP contribution in [-0.4, -0.2) is 56.2 Å². The zero-order chi connectivity index (χ0) is 23.1. The van der Waals surface area contributed by atoms with Crippen molar-refractivity contribution in [2.45, 2.75) is 49.9 Å². The molecule has 0 aliphatic carbocycles. The van der Waals surface area contributed by atoms with E-state index in [1.165, 1.54) is 0 Å². The van der Waals surface area contributed by atoms with Gasteiger partial charge in [-0.05, 0) is 62.6 Å². The van der Waals surface area contributed by atoms with Gasteiger partial charge in [-0.25, -0.2) is 25.9 Å². The number of amides is 2. The summed E-state index contributed by atoms with van der Waals surface area (Å²) in [6, 6.07) is 13.0. The molecule has 1 atom stereocenters. The summed E-state index contributed by atoms with van der Waals surface area (Å²) < 4.78 is 50.3. The number of nitrogens with zero attached hydrogens (tertiary/aromatic N) is 2. The first-order chi connectivity index (χ1) is 14.3. The Bertz CT molecular complexity index is 1200. The first-order valence-electron chi connectivity index (χ1n) is 10.1. The average molecular weight is 465 g/mol. The smallest absolute Gasteiger partial charge is 0.313 e. The lowest BCUT2D eigenvalue weighted by Crippen LogP contribution is -2.41. The van der Waals surface area contributed by atoms with Gasteiger partial charge in [0.2, 0.25) is 10.0 Å². The van der Waals surface area contributed by atoms with E-state index >= 15 is 0 Å². The molecule has 0 radical (unpaired) electrons. The van der Waals surface area contributed by atoms with E-state index in [9.17, 15) is 21.6 Å². The molecule has 0 saturated carbocycles. The average Bonchev–Trinajstić information content (AvgIpc) is 3.05. The molecule has 1 aliphatic heterocycles. The maximum absolute atomic E-state index is 13.0. The standard InChI is InChI=1S/C22H28N2O5S2/c1-15(2)24-21(14-23(22(24)25)31(28,29)16(3)4)19-10-6-8-17(12-19)18-9-7-11-20(13-18)30(5,26)27/h6-13,15-16,21H,14H2,1-5H3. The molecule has 1 fully saturated rings. The van der Waals surface area contributed by atoms with Gasteiger partial charge in [0.05, 0.1) is 22.7 Å². The molecule has 31 heavy (non-hydrogen) atoms. The molecule has 2 amide bonds. The summed E-state index contributed by atoms with van der Waals surface area (Å²) in [5.41, 5.74) is 2.33. The van der Waals surface area contributed by atoms with Crippen LogP contribution in [0, 0.1) is 0 Å². The first kappa shape index (κ1) is 23.3. The van der Waals surface area contributed by atoms with Crippen LogP contribution in [0.2, 0.25) is 0 Å². The predicted octanol–water partition coefficient (Wildman–Crippen LogP) is 3.68. The predicted molar refractivity (Wildman–Crippen MR) is 121 cm³/mol. The van der Waals surface area contributed by atoms with Crippen molar-refractivity contribution < 1.29 is 21.6 Å². The van der Waals surface area contributed by atoms with Crippen LogP contribution in [0.25, 0.3) is 11.1 Å². The van der Waals surface area contributed by atoms with E-state index in [1.54, 1.807) is 36.9 Å². The molecule has 0 bridgehead atoms. The van der Waals surface area contributed by atoms with Crippen molar-refractivity contribution >= 4 is 25.9 Å². The molecular weight excluding hydrogens is 436 g/mol. The van der Waals surface area contributed by atoms with Crippen molar-refractivity contribution in [1.29, 1.82) is 0 Å². The fourth-order valence-corrected chi connectivity index (χ4v) is 5.57. The SMILES string of the molecule is CC(C)N1C(=O)N(S(=O)(=O)C(C)C)CC1c1cccc(-c2cccc(S(C)(=O)=O)c2)c1. The van der Waals surface area contributed by atoms with Crippen molar-refractivity contribution in [2.24, 2.45) is 0 Å². The Morgan fingerprint density at radius 2 is 1.48 bits per heavy atom. The number of hydrogen-bond acceptors (Lipinski definition) is 5. The van der Waals surface area contributed by atoms with Gasteiger partial charge in [-0.3, -0.25) is 0 Å². The Labute approximate surface area is 184 Å². The van der Waals surface area contributed by atoms with Gasteiger partial charge in [-0.1, -0.05) is 30.3 Å². The highest BCUT2D eigenvalue weighted by atomic mass is 32.2. The zero-order valence-electron chi connectivity index (χ0n) is 18.3. The number of benzene rings is 2. The van der Waals surface area contributed by atoms with Crippen molar-refractivity contribution in [1.82, 2.24) is 9.21 Å². The second kappa shape index (κ2) is 8.27. The molecule has 1 aliphatic rings. The van der Waals surface area contributed by atoms with Crippen LogP contribution in [0.3, 0.4) is 0 Å². The van der Waals surface area contributed by atoms with Gasteiger partial charge in [0.1, 0.15) is 0 Å². The summed E-state index contributed by atoms with van der Waals surface area (Å²) in [6.45, 7) is 6.88. The minimum atomic E-state index is -3.74. The molecule has 2 aromatic carbocycles. The molecule has 0 N–H and O–H groups in total. The molecule has 0 aromatic heterocycles. The number of sulfonamides is 1. The third kappa shape index (κ3) is 4.48. The highest BCUT2D eigenvalue weighted by Crippen LogP contribution is 2.35. The molecule has 168 valence electrons. The largest absolute Gasteiger partial charge is 0.334 e. The lowest BCUT2D eigenvalue weighted by atomic mass is 9.99. The Morgan fingerprint density at radius 3 is 2.03 bits per heavy atom. The van der Waals surface area contributed by atoms with Crippen LogP contribution < -0.4 is 0 Å². The van der Waals surface area contributed by atoms with E-state index in [4.69, 9.17) is 0 Å². The lowest BCUT2D eigenvalue weighted by molar-refractivity contribution is 0.181. The molecular formula is C22H28N2O5S2. The second-order valence-electron chi connectivity index (χ2n) is 8.35. The summed E-state index contributed by atoms with van der Waals surface area (Å²) in [5, 5.41) is -0.700. The number of urea groups is 1. The Kier molecular flexibility index (Phi) is 6.21. The Balaban J connectivity index is 2.04. The minimum absolute atomic E-state index is 0.0460. The zero-order valence-corrected chi connectivity index (χ0v) is 19.9. The fraction of sp³-hybridized carbons (Fsp3) is 0.409. The van der Waals surface area contributed by atoms with Gasteiger partial charge in [0.15, 0.2) is 9.84 Å². The van der Waals surface area contributed by atoms with Gasteiger partial charge in [0.25, 0.3) is 0 Å². The number of carbonyl (C=O) groups is 1. The molecule has 3 rings (SSSR count). The first-order valence-corrected chi connectivity index (χ1v) is 13.5. The lowest BCUT2D eigenvalue weighted by Gasteiger charge is -2.27. The highest BCUT2D eigenvalue weighted by Gasteiger charge is 2.45. The van der Waals surface area contributed by atoms with Crippen LogP contribution in [0.1, 0.15) is 39.3 Å². The van der Waals surface area contributed by atoms with Crippen LogP contribution in [-0.2, 0) is 19.9 Å². The molecule has 1 unspecified atom stereocenters. The van der Waals surface area contributed by atoms with Gasteiger partial charge in [-0.2, -0.15) is 0 Å². The maximum atomic E-state index is 13.0. The van der Waals surface area contributed by atoms with Crippen molar-refractivity contribution in [3.63, 3.8) is 0 Å². The maximum Gasteiger partial charge on any atom is 0.334 e. The van der Waals surface area contributed by atoms with Gasteiger partial charge >= 0.3 is 6.03 Å². The quantitative estimate of drug-likeness (QED) is 0.650. The molecule has 9 heteroatoms. The highest BCUT2D eigenvalue weighted by molar-refractivity contribution is 7.90. The van der Waals surface area contributed by atoms with E-state index < -0.39 is 37.2 Å². The molecule has 1 heterocycles. The third-order valence-electron chi connectivity index (χ3n) is 5.43. The summed E-state index contributed by atoms with van der Waals surface area (Å²) >= 11 is 0. The molecule has 1 saturated heterocycles. The van der Waals surface area contributed by atoms with Crippen LogP contribution in [0.4, 0.5) is 4.79 Å². The minimum Gasteiger partial charge on any atom is -0.313 e. The summed E-state index contributed by atoms with van der Waals surface area (Å²) in [4.78, 5) is 14.8. The molecule has 2 aromatic rings.